The quantitative estimate of drug-likeness (QED) is 0.906. The molecule has 1 aromatic carbocycles. The van der Waals surface area contributed by atoms with Gasteiger partial charge in [-0.05, 0) is 44.2 Å². The number of aryl methyl sites for hydroxylation is 1. The number of carbonyl (C=O) groups excluding carboxylic acids is 1. The SMILES string of the molecule is CCN(Cc1ccccc1C)C(=O)[C@@H]1CC[C@H](C(=O)O)C1. The summed E-state index contributed by atoms with van der Waals surface area (Å²) in [7, 11) is 0. The molecule has 1 saturated carbocycles. The molecule has 1 amide bonds. The second-order valence-electron chi connectivity index (χ2n) is 5.82. The van der Waals surface area contributed by atoms with Crippen LogP contribution in [0.3, 0.4) is 0 Å². The van der Waals surface area contributed by atoms with Gasteiger partial charge in [0, 0.05) is 19.0 Å². The molecule has 0 heterocycles. The molecule has 0 aromatic heterocycles. The van der Waals surface area contributed by atoms with Crippen molar-refractivity contribution in [3.05, 3.63) is 35.4 Å². The molecule has 21 heavy (non-hydrogen) atoms. The Morgan fingerprint density at radius 2 is 1.90 bits per heavy atom. The summed E-state index contributed by atoms with van der Waals surface area (Å²) >= 11 is 0. The van der Waals surface area contributed by atoms with Gasteiger partial charge in [-0.25, -0.2) is 0 Å². The Morgan fingerprint density at radius 1 is 1.24 bits per heavy atom. The van der Waals surface area contributed by atoms with Crippen molar-refractivity contribution in [2.24, 2.45) is 11.8 Å². The van der Waals surface area contributed by atoms with E-state index in [9.17, 15) is 9.59 Å². The minimum Gasteiger partial charge on any atom is -0.481 e. The molecule has 114 valence electrons. The molecule has 2 atom stereocenters. The monoisotopic (exact) mass is 289 g/mol. The Labute approximate surface area is 125 Å². The van der Waals surface area contributed by atoms with Crippen LogP contribution in [-0.4, -0.2) is 28.4 Å². The lowest BCUT2D eigenvalue weighted by Crippen LogP contribution is -2.35. The van der Waals surface area contributed by atoms with Crippen LogP contribution in [0.5, 0.6) is 0 Å². The first-order valence-electron chi connectivity index (χ1n) is 7.59. The third-order valence-corrected chi connectivity index (χ3v) is 4.45. The number of carboxylic acid groups (broad SMARTS) is 1. The highest BCUT2D eigenvalue weighted by atomic mass is 16.4. The molecule has 0 radical (unpaired) electrons. The molecular formula is C17H23NO3. The van der Waals surface area contributed by atoms with Crippen LogP contribution in [0, 0.1) is 18.8 Å². The summed E-state index contributed by atoms with van der Waals surface area (Å²) in [5, 5.41) is 9.06. The van der Waals surface area contributed by atoms with Crippen molar-refractivity contribution in [1.82, 2.24) is 4.90 Å². The Kier molecular flexibility index (Phi) is 4.99. The van der Waals surface area contributed by atoms with E-state index >= 15 is 0 Å². The van der Waals surface area contributed by atoms with E-state index in [-0.39, 0.29) is 17.7 Å². The van der Waals surface area contributed by atoms with Crippen LogP contribution in [0.25, 0.3) is 0 Å². The number of aliphatic carboxylic acids is 1. The zero-order valence-corrected chi connectivity index (χ0v) is 12.7. The molecule has 0 saturated heterocycles. The molecule has 1 aromatic rings. The number of benzene rings is 1. The second kappa shape index (κ2) is 6.74. The van der Waals surface area contributed by atoms with E-state index in [2.05, 4.69) is 0 Å². The first kappa shape index (κ1) is 15.5. The fraction of sp³-hybridized carbons (Fsp3) is 0.529. The summed E-state index contributed by atoms with van der Waals surface area (Å²) in [6.07, 6.45) is 1.80. The van der Waals surface area contributed by atoms with Crippen molar-refractivity contribution >= 4 is 11.9 Å². The lowest BCUT2D eigenvalue weighted by Gasteiger charge is -2.25. The fourth-order valence-corrected chi connectivity index (χ4v) is 3.03. The zero-order valence-electron chi connectivity index (χ0n) is 12.7. The Morgan fingerprint density at radius 3 is 2.48 bits per heavy atom. The van der Waals surface area contributed by atoms with Crippen molar-refractivity contribution in [2.75, 3.05) is 6.54 Å². The number of hydrogen-bond acceptors (Lipinski definition) is 2. The molecule has 1 aliphatic carbocycles. The third kappa shape index (κ3) is 3.63. The number of nitrogens with zero attached hydrogens (tertiary/aromatic N) is 1. The molecule has 4 nitrogen and oxygen atoms in total. The Balaban J connectivity index is 2.03. The lowest BCUT2D eigenvalue weighted by molar-refractivity contribution is -0.141. The van der Waals surface area contributed by atoms with E-state index in [0.29, 0.717) is 32.4 Å². The normalized spacial score (nSPS) is 21.2. The molecule has 1 aliphatic rings. The van der Waals surface area contributed by atoms with Crippen molar-refractivity contribution in [2.45, 2.75) is 39.7 Å². The Hall–Kier alpha value is -1.84. The van der Waals surface area contributed by atoms with Crippen molar-refractivity contribution in [1.29, 1.82) is 0 Å². The third-order valence-electron chi connectivity index (χ3n) is 4.45. The average molecular weight is 289 g/mol. The maximum atomic E-state index is 12.6. The van der Waals surface area contributed by atoms with Crippen molar-refractivity contribution in [3.63, 3.8) is 0 Å². The molecule has 0 spiro atoms. The van der Waals surface area contributed by atoms with E-state index in [1.54, 1.807) is 0 Å². The molecule has 0 unspecified atom stereocenters. The standard InChI is InChI=1S/C17H23NO3/c1-3-18(11-15-7-5-4-6-12(15)2)16(19)13-8-9-14(10-13)17(20)21/h4-7,13-14H,3,8-11H2,1-2H3,(H,20,21)/t13-,14+/m1/s1. The van der Waals surface area contributed by atoms with Gasteiger partial charge in [0.25, 0.3) is 0 Å². The molecular weight excluding hydrogens is 266 g/mol. The van der Waals surface area contributed by atoms with Crippen LogP contribution >= 0.6 is 0 Å². The highest BCUT2D eigenvalue weighted by Crippen LogP contribution is 2.32. The molecule has 4 heteroatoms. The number of carbonyl (C=O) groups is 2. The molecule has 1 N–H and O–H groups in total. The van der Waals surface area contributed by atoms with E-state index < -0.39 is 5.97 Å². The van der Waals surface area contributed by atoms with Crippen LogP contribution in [0.4, 0.5) is 0 Å². The van der Waals surface area contributed by atoms with Gasteiger partial charge in [-0.2, -0.15) is 0 Å². The van der Waals surface area contributed by atoms with Gasteiger partial charge < -0.3 is 10.0 Å². The van der Waals surface area contributed by atoms with E-state index in [0.717, 1.165) is 5.56 Å². The maximum Gasteiger partial charge on any atom is 0.306 e. The van der Waals surface area contributed by atoms with Gasteiger partial charge in [-0.3, -0.25) is 9.59 Å². The van der Waals surface area contributed by atoms with E-state index in [1.165, 1.54) is 5.56 Å². The average Bonchev–Trinajstić information content (AvgIpc) is 2.96. The smallest absolute Gasteiger partial charge is 0.306 e. The van der Waals surface area contributed by atoms with Crippen LogP contribution in [0.2, 0.25) is 0 Å². The van der Waals surface area contributed by atoms with Gasteiger partial charge in [-0.15, -0.1) is 0 Å². The number of rotatable bonds is 5. The number of carboxylic acids is 1. The topological polar surface area (TPSA) is 57.6 Å². The van der Waals surface area contributed by atoms with Crippen molar-refractivity contribution < 1.29 is 14.7 Å². The van der Waals surface area contributed by atoms with Gasteiger partial charge in [0.15, 0.2) is 0 Å². The zero-order chi connectivity index (χ0) is 15.4. The van der Waals surface area contributed by atoms with Crippen LogP contribution in [0.1, 0.15) is 37.3 Å². The van der Waals surface area contributed by atoms with Gasteiger partial charge in [0.05, 0.1) is 5.92 Å². The number of amides is 1. The predicted octanol–water partition coefficient (Wildman–Crippen LogP) is 2.84. The first-order valence-corrected chi connectivity index (χ1v) is 7.59. The highest BCUT2D eigenvalue weighted by Gasteiger charge is 2.35. The summed E-state index contributed by atoms with van der Waals surface area (Å²) in [6, 6.07) is 8.06. The summed E-state index contributed by atoms with van der Waals surface area (Å²) in [5.74, 6) is -1.15. The number of hydrogen-bond donors (Lipinski definition) is 1. The first-order chi connectivity index (χ1) is 10.0. The van der Waals surface area contributed by atoms with Gasteiger partial charge in [0.2, 0.25) is 5.91 Å². The molecule has 0 aliphatic heterocycles. The Bertz CT molecular complexity index is 527. The van der Waals surface area contributed by atoms with Gasteiger partial charge >= 0.3 is 5.97 Å². The summed E-state index contributed by atoms with van der Waals surface area (Å²) in [4.78, 5) is 25.5. The van der Waals surface area contributed by atoms with E-state index in [1.807, 2.05) is 43.0 Å². The summed E-state index contributed by atoms with van der Waals surface area (Å²) in [6.45, 7) is 5.28. The summed E-state index contributed by atoms with van der Waals surface area (Å²) < 4.78 is 0. The maximum absolute atomic E-state index is 12.6. The highest BCUT2D eigenvalue weighted by molar-refractivity contribution is 5.81. The molecule has 1 fully saturated rings. The van der Waals surface area contributed by atoms with Crippen LogP contribution < -0.4 is 0 Å². The minimum absolute atomic E-state index is 0.101. The van der Waals surface area contributed by atoms with Crippen LogP contribution in [0.15, 0.2) is 24.3 Å². The van der Waals surface area contributed by atoms with Crippen LogP contribution in [-0.2, 0) is 16.1 Å². The summed E-state index contributed by atoms with van der Waals surface area (Å²) in [5.41, 5.74) is 2.33. The predicted molar refractivity (Wildman–Crippen MR) is 80.7 cm³/mol. The lowest BCUT2D eigenvalue weighted by atomic mass is 10.0. The van der Waals surface area contributed by atoms with E-state index in [4.69, 9.17) is 5.11 Å². The minimum atomic E-state index is -0.771. The second-order valence-corrected chi connectivity index (χ2v) is 5.82. The van der Waals surface area contributed by atoms with Gasteiger partial charge in [-0.1, -0.05) is 24.3 Å². The molecule has 2 rings (SSSR count). The molecule has 0 bridgehead atoms. The van der Waals surface area contributed by atoms with Crippen molar-refractivity contribution in [3.8, 4) is 0 Å². The largest absolute Gasteiger partial charge is 0.481 e. The van der Waals surface area contributed by atoms with Gasteiger partial charge in [0.1, 0.15) is 0 Å². The fourth-order valence-electron chi connectivity index (χ4n) is 3.03.